The number of hydrogen-bond acceptors (Lipinski definition) is 4. The molecule has 0 aromatic heterocycles. The van der Waals surface area contributed by atoms with Gasteiger partial charge in [0, 0.05) is 45.8 Å². The molecule has 9 heteroatoms. The Balaban J connectivity index is 0.00000280. The molecule has 2 aliphatic rings. The van der Waals surface area contributed by atoms with Crippen LogP contribution in [-0.4, -0.2) is 73.5 Å². The molecular weight excluding hydrogens is 471 g/mol. The molecule has 0 unspecified atom stereocenters. The largest absolute Gasteiger partial charge is 0.355 e. The Labute approximate surface area is 183 Å². The van der Waals surface area contributed by atoms with E-state index in [0.717, 1.165) is 32.5 Å². The first kappa shape index (κ1) is 22.4. The number of hydrogen-bond donors (Lipinski definition) is 3. The molecule has 0 saturated carbocycles. The second-order valence-corrected chi connectivity index (χ2v) is 6.88. The van der Waals surface area contributed by atoms with Crippen molar-refractivity contribution < 1.29 is 9.59 Å². The highest BCUT2D eigenvalue weighted by Crippen LogP contribution is 2.13. The van der Waals surface area contributed by atoms with Crippen molar-refractivity contribution in [2.24, 2.45) is 4.99 Å². The summed E-state index contributed by atoms with van der Waals surface area (Å²) in [6, 6.07) is 10.6. The van der Waals surface area contributed by atoms with Crippen molar-refractivity contribution >= 4 is 41.9 Å². The summed E-state index contributed by atoms with van der Waals surface area (Å²) in [5.74, 6) is 0.527. The standard InChI is InChI=1S/C19H28N6O2.HI/c1-20-18(21-9-12-25-17(26)13-22-19(25)27)23-16-7-10-24(11-8-16)14-15-5-3-2-4-6-15;/h2-6,16H,7-14H2,1H3,(H,22,27)(H2,20,21,23);1H. The Morgan fingerprint density at radius 1 is 1.21 bits per heavy atom. The topological polar surface area (TPSA) is 89.1 Å². The maximum Gasteiger partial charge on any atom is 0.324 e. The van der Waals surface area contributed by atoms with Gasteiger partial charge in [-0.3, -0.25) is 19.6 Å². The number of nitrogens with zero attached hydrogens (tertiary/aromatic N) is 3. The summed E-state index contributed by atoms with van der Waals surface area (Å²) in [4.78, 5) is 31.0. The molecule has 154 valence electrons. The molecule has 0 atom stereocenters. The summed E-state index contributed by atoms with van der Waals surface area (Å²) < 4.78 is 0. The minimum atomic E-state index is -0.324. The molecule has 3 rings (SSSR count). The maximum atomic E-state index is 11.6. The Morgan fingerprint density at radius 2 is 1.93 bits per heavy atom. The van der Waals surface area contributed by atoms with E-state index in [0.29, 0.717) is 25.1 Å². The number of piperidine rings is 1. The van der Waals surface area contributed by atoms with Crippen molar-refractivity contribution in [3.05, 3.63) is 35.9 Å². The third-order valence-corrected chi connectivity index (χ3v) is 4.97. The van der Waals surface area contributed by atoms with E-state index in [1.165, 1.54) is 10.5 Å². The highest BCUT2D eigenvalue weighted by atomic mass is 127. The summed E-state index contributed by atoms with van der Waals surface area (Å²) >= 11 is 0. The molecule has 2 aliphatic heterocycles. The third-order valence-electron chi connectivity index (χ3n) is 4.97. The van der Waals surface area contributed by atoms with Gasteiger partial charge in [-0.1, -0.05) is 30.3 Å². The summed E-state index contributed by atoms with van der Waals surface area (Å²) in [5.41, 5.74) is 1.35. The molecule has 2 fully saturated rings. The zero-order chi connectivity index (χ0) is 19.1. The number of carbonyl (C=O) groups is 2. The predicted molar refractivity (Wildman–Crippen MR) is 120 cm³/mol. The van der Waals surface area contributed by atoms with Crippen LogP contribution in [0, 0.1) is 0 Å². The number of likely N-dealkylation sites (tertiary alicyclic amines) is 1. The van der Waals surface area contributed by atoms with Gasteiger partial charge in [0.2, 0.25) is 5.91 Å². The molecule has 2 saturated heterocycles. The van der Waals surface area contributed by atoms with Crippen LogP contribution < -0.4 is 16.0 Å². The fourth-order valence-electron chi connectivity index (χ4n) is 3.43. The van der Waals surface area contributed by atoms with E-state index in [4.69, 9.17) is 0 Å². The number of amides is 3. The summed E-state index contributed by atoms with van der Waals surface area (Å²) in [6.07, 6.45) is 2.11. The van der Waals surface area contributed by atoms with Gasteiger partial charge < -0.3 is 16.0 Å². The van der Waals surface area contributed by atoms with Crippen LogP contribution >= 0.6 is 24.0 Å². The van der Waals surface area contributed by atoms with E-state index in [2.05, 4.69) is 50.1 Å². The normalized spacial score (nSPS) is 18.6. The van der Waals surface area contributed by atoms with Crippen molar-refractivity contribution in [1.82, 2.24) is 25.8 Å². The molecule has 3 N–H and O–H groups in total. The van der Waals surface area contributed by atoms with Crippen molar-refractivity contribution in [2.75, 3.05) is 39.8 Å². The van der Waals surface area contributed by atoms with Crippen molar-refractivity contribution in [2.45, 2.75) is 25.4 Å². The average Bonchev–Trinajstić information content (AvgIpc) is 3.01. The number of carbonyl (C=O) groups excluding carboxylic acids is 2. The lowest BCUT2D eigenvalue weighted by atomic mass is 10.0. The second-order valence-electron chi connectivity index (χ2n) is 6.88. The molecule has 2 heterocycles. The fourth-order valence-corrected chi connectivity index (χ4v) is 3.43. The van der Waals surface area contributed by atoms with Crippen LogP contribution in [-0.2, 0) is 11.3 Å². The lowest BCUT2D eigenvalue weighted by molar-refractivity contribution is -0.124. The zero-order valence-electron chi connectivity index (χ0n) is 16.2. The first-order valence-electron chi connectivity index (χ1n) is 9.47. The maximum absolute atomic E-state index is 11.6. The lowest BCUT2D eigenvalue weighted by Gasteiger charge is -2.33. The number of aliphatic imine (C=N–C) groups is 1. The monoisotopic (exact) mass is 500 g/mol. The molecule has 0 radical (unpaired) electrons. The van der Waals surface area contributed by atoms with Gasteiger partial charge >= 0.3 is 6.03 Å². The van der Waals surface area contributed by atoms with Gasteiger partial charge in [-0.15, -0.1) is 24.0 Å². The molecule has 0 spiro atoms. The van der Waals surface area contributed by atoms with E-state index in [-0.39, 0.29) is 42.5 Å². The number of imide groups is 1. The van der Waals surface area contributed by atoms with Crippen LogP contribution in [0.15, 0.2) is 35.3 Å². The predicted octanol–water partition coefficient (Wildman–Crippen LogP) is 0.986. The number of urea groups is 1. The Bertz CT molecular complexity index is 660. The second kappa shape index (κ2) is 11.2. The van der Waals surface area contributed by atoms with Crippen LogP contribution in [0.2, 0.25) is 0 Å². The molecule has 1 aromatic carbocycles. The zero-order valence-corrected chi connectivity index (χ0v) is 18.5. The highest BCUT2D eigenvalue weighted by Gasteiger charge is 2.27. The van der Waals surface area contributed by atoms with Gasteiger partial charge in [0.15, 0.2) is 5.96 Å². The fraction of sp³-hybridized carbons (Fsp3) is 0.526. The van der Waals surface area contributed by atoms with Crippen molar-refractivity contribution in [3.63, 3.8) is 0 Å². The number of halogens is 1. The van der Waals surface area contributed by atoms with Gasteiger partial charge in [0.25, 0.3) is 0 Å². The van der Waals surface area contributed by atoms with E-state index in [1.54, 1.807) is 7.05 Å². The number of benzene rings is 1. The average molecular weight is 500 g/mol. The van der Waals surface area contributed by atoms with Gasteiger partial charge in [0.05, 0.1) is 6.54 Å². The van der Waals surface area contributed by atoms with Crippen LogP contribution in [0.1, 0.15) is 18.4 Å². The highest BCUT2D eigenvalue weighted by molar-refractivity contribution is 14.0. The van der Waals surface area contributed by atoms with Crippen molar-refractivity contribution in [3.8, 4) is 0 Å². The molecule has 3 amide bonds. The SMILES string of the molecule is CN=C(NCCN1C(=O)CNC1=O)NC1CCN(Cc2ccccc2)CC1.I. The first-order valence-corrected chi connectivity index (χ1v) is 9.47. The molecule has 1 aromatic rings. The Hall–Kier alpha value is -1.88. The minimum Gasteiger partial charge on any atom is -0.355 e. The quantitative estimate of drug-likeness (QED) is 0.235. The molecule has 0 bridgehead atoms. The van der Waals surface area contributed by atoms with Crippen molar-refractivity contribution in [1.29, 1.82) is 0 Å². The summed E-state index contributed by atoms with van der Waals surface area (Å²) in [5, 5.41) is 9.15. The third kappa shape index (κ3) is 6.33. The first-order chi connectivity index (χ1) is 13.2. The van der Waals surface area contributed by atoms with Gasteiger partial charge in [0.1, 0.15) is 0 Å². The minimum absolute atomic E-state index is 0. The lowest BCUT2D eigenvalue weighted by Crippen LogP contribution is -2.49. The van der Waals surface area contributed by atoms with Crippen LogP contribution in [0.3, 0.4) is 0 Å². The molecular formula is C19H29IN6O2. The number of rotatable bonds is 6. The van der Waals surface area contributed by atoms with E-state index < -0.39 is 0 Å². The summed E-state index contributed by atoms with van der Waals surface area (Å²) in [7, 11) is 1.73. The van der Waals surface area contributed by atoms with Gasteiger partial charge in [-0.05, 0) is 18.4 Å². The van der Waals surface area contributed by atoms with Crippen LogP contribution in [0.5, 0.6) is 0 Å². The van der Waals surface area contributed by atoms with E-state index in [1.807, 2.05) is 6.07 Å². The Morgan fingerprint density at radius 3 is 2.54 bits per heavy atom. The smallest absolute Gasteiger partial charge is 0.324 e. The molecule has 0 aliphatic carbocycles. The van der Waals surface area contributed by atoms with E-state index >= 15 is 0 Å². The van der Waals surface area contributed by atoms with E-state index in [9.17, 15) is 9.59 Å². The van der Waals surface area contributed by atoms with Gasteiger partial charge in [-0.25, -0.2) is 4.79 Å². The van der Waals surface area contributed by atoms with Crippen LogP contribution in [0.4, 0.5) is 4.79 Å². The molecule has 8 nitrogen and oxygen atoms in total. The molecule has 28 heavy (non-hydrogen) atoms. The van der Waals surface area contributed by atoms with Gasteiger partial charge in [-0.2, -0.15) is 0 Å². The Kier molecular flexibility index (Phi) is 8.97. The number of nitrogens with one attached hydrogen (secondary N) is 3. The summed E-state index contributed by atoms with van der Waals surface area (Å²) in [6.45, 7) is 3.99. The van der Waals surface area contributed by atoms with Crippen LogP contribution in [0.25, 0.3) is 0 Å². The number of guanidine groups is 1.